The van der Waals surface area contributed by atoms with E-state index in [9.17, 15) is 0 Å². The summed E-state index contributed by atoms with van der Waals surface area (Å²) in [6.45, 7) is 9.51. The third-order valence-electron chi connectivity index (χ3n) is 4.81. The van der Waals surface area contributed by atoms with Crippen LogP contribution in [-0.2, 0) is 0 Å². The fourth-order valence-electron chi connectivity index (χ4n) is 3.80. The summed E-state index contributed by atoms with van der Waals surface area (Å²) in [5.41, 5.74) is 0. The van der Waals surface area contributed by atoms with Gasteiger partial charge < -0.3 is 5.32 Å². The van der Waals surface area contributed by atoms with E-state index in [0.29, 0.717) is 6.04 Å². The van der Waals surface area contributed by atoms with Crippen LogP contribution in [0.3, 0.4) is 0 Å². The Balaban J connectivity index is 1.89. The van der Waals surface area contributed by atoms with Gasteiger partial charge in [0.05, 0.1) is 0 Å². The van der Waals surface area contributed by atoms with Crippen LogP contribution in [0.4, 0.5) is 0 Å². The summed E-state index contributed by atoms with van der Waals surface area (Å²) in [4.78, 5) is 2.86. The van der Waals surface area contributed by atoms with Gasteiger partial charge in [-0.25, -0.2) is 0 Å². The van der Waals surface area contributed by atoms with Gasteiger partial charge in [0.25, 0.3) is 0 Å². The van der Waals surface area contributed by atoms with Gasteiger partial charge in [0, 0.05) is 24.7 Å². The van der Waals surface area contributed by atoms with E-state index < -0.39 is 0 Å². The van der Waals surface area contributed by atoms with Gasteiger partial charge in [0.2, 0.25) is 0 Å². The summed E-state index contributed by atoms with van der Waals surface area (Å²) in [5, 5.41) is 3.65. The third-order valence-corrected chi connectivity index (χ3v) is 4.81. The van der Waals surface area contributed by atoms with Crippen molar-refractivity contribution < 1.29 is 0 Å². The lowest BCUT2D eigenvalue weighted by Crippen LogP contribution is -2.52. The van der Waals surface area contributed by atoms with Crippen LogP contribution < -0.4 is 5.32 Å². The number of rotatable bonds is 4. The highest BCUT2D eigenvalue weighted by Crippen LogP contribution is 2.31. The van der Waals surface area contributed by atoms with Crippen molar-refractivity contribution in [2.24, 2.45) is 5.92 Å². The molecule has 1 saturated heterocycles. The highest BCUT2D eigenvalue weighted by Gasteiger charge is 2.31. The lowest BCUT2D eigenvalue weighted by atomic mass is 9.84. The van der Waals surface area contributed by atoms with E-state index in [1.807, 2.05) is 0 Å². The van der Waals surface area contributed by atoms with Crippen LogP contribution in [0.25, 0.3) is 0 Å². The Hall–Kier alpha value is -0.0800. The standard InChI is InChI=1S/C16H32N2/c1-13(2)17-12-16-8-4-5-10-18(16)15-9-6-7-14(3)11-15/h13-17H,4-12H2,1-3H3. The maximum Gasteiger partial charge on any atom is 0.0223 e. The number of hydrogen-bond donors (Lipinski definition) is 1. The molecule has 0 aromatic heterocycles. The smallest absolute Gasteiger partial charge is 0.0223 e. The van der Waals surface area contributed by atoms with Crippen molar-refractivity contribution in [1.29, 1.82) is 0 Å². The molecule has 1 saturated carbocycles. The largest absolute Gasteiger partial charge is 0.313 e. The normalized spacial score (nSPS) is 35.0. The molecule has 2 heteroatoms. The van der Waals surface area contributed by atoms with Crippen LogP contribution in [0.15, 0.2) is 0 Å². The van der Waals surface area contributed by atoms with Gasteiger partial charge in [-0.2, -0.15) is 0 Å². The number of likely N-dealkylation sites (tertiary alicyclic amines) is 1. The minimum Gasteiger partial charge on any atom is -0.313 e. The van der Waals surface area contributed by atoms with E-state index in [1.165, 1.54) is 58.0 Å². The molecule has 0 aromatic carbocycles. The Bertz CT molecular complexity index is 239. The van der Waals surface area contributed by atoms with Crippen molar-refractivity contribution in [3.63, 3.8) is 0 Å². The zero-order valence-corrected chi connectivity index (χ0v) is 12.6. The number of hydrogen-bond acceptors (Lipinski definition) is 2. The molecule has 3 unspecified atom stereocenters. The zero-order valence-electron chi connectivity index (χ0n) is 12.6. The molecule has 1 heterocycles. The topological polar surface area (TPSA) is 15.3 Å². The van der Waals surface area contributed by atoms with E-state index >= 15 is 0 Å². The maximum atomic E-state index is 3.65. The molecular formula is C16H32N2. The second-order valence-electron chi connectivity index (χ2n) is 6.88. The van der Waals surface area contributed by atoms with Gasteiger partial charge >= 0.3 is 0 Å². The molecule has 106 valence electrons. The van der Waals surface area contributed by atoms with Crippen molar-refractivity contribution in [2.45, 2.75) is 83.8 Å². The highest BCUT2D eigenvalue weighted by atomic mass is 15.2. The van der Waals surface area contributed by atoms with Gasteiger partial charge in [-0.1, -0.05) is 40.0 Å². The van der Waals surface area contributed by atoms with Gasteiger partial charge in [0.15, 0.2) is 0 Å². The first-order valence-electron chi connectivity index (χ1n) is 8.16. The number of nitrogens with zero attached hydrogens (tertiary/aromatic N) is 1. The predicted molar refractivity (Wildman–Crippen MR) is 78.9 cm³/mol. The lowest BCUT2D eigenvalue weighted by Gasteiger charge is -2.44. The minimum atomic E-state index is 0.624. The molecule has 0 amide bonds. The number of nitrogens with one attached hydrogen (secondary N) is 1. The SMILES string of the molecule is CC1CCCC(N2CCCCC2CNC(C)C)C1. The first kappa shape index (κ1) is 14.3. The van der Waals surface area contributed by atoms with Gasteiger partial charge in [-0.05, 0) is 38.1 Å². The molecule has 0 radical (unpaired) electrons. The van der Waals surface area contributed by atoms with Crippen molar-refractivity contribution in [3.05, 3.63) is 0 Å². The van der Waals surface area contributed by atoms with Crippen LogP contribution in [0.5, 0.6) is 0 Å². The van der Waals surface area contributed by atoms with Gasteiger partial charge in [-0.15, -0.1) is 0 Å². The summed E-state index contributed by atoms with van der Waals surface area (Å²) in [5.74, 6) is 0.949. The molecule has 2 nitrogen and oxygen atoms in total. The van der Waals surface area contributed by atoms with E-state index in [-0.39, 0.29) is 0 Å². The quantitative estimate of drug-likeness (QED) is 0.825. The molecule has 0 spiro atoms. The van der Waals surface area contributed by atoms with Crippen LogP contribution in [0, 0.1) is 5.92 Å². The molecule has 1 aliphatic carbocycles. The fourth-order valence-corrected chi connectivity index (χ4v) is 3.80. The van der Waals surface area contributed by atoms with Crippen LogP contribution in [-0.4, -0.2) is 36.1 Å². The van der Waals surface area contributed by atoms with Gasteiger partial charge in [-0.3, -0.25) is 4.90 Å². The van der Waals surface area contributed by atoms with Crippen LogP contribution in [0.1, 0.15) is 65.7 Å². The van der Waals surface area contributed by atoms with E-state index in [2.05, 4.69) is 31.0 Å². The summed E-state index contributed by atoms with van der Waals surface area (Å²) >= 11 is 0. The van der Waals surface area contributed by atoms with Crippen molar-refractivity contribution >= 4 is 0 Å². The highest BCUT2D eigenvalue weighted by molar-refractivity contribution is 4.87. The molecule has 2 fully saturated rings. The molecule has 1 N–H and O–H groups in total. The molecule has 2 rings (SSSR count). The Morgan fingerprint density at radius 2 is 1.94 bits per heavy atom. The lowest BCUT2D eigenvalue weighted by molar-refractivity contribution is 0.0596. The molecule has 3 atom stereocenters. The second kappa shape index (κ2) is 6.91. The average molecular weight is 252 g/mol. The third kappa shape index (κ3) is 3.96. The molecular weight excluding hydrogens is 220 g/mol. The summed E-state index contributed by atoms with van der Waals surface area (Å²) in [6.07, 6.45) is 10.1. The van der Waals surface area contributed by atoms with E-state index in [1.54, 1.807) is 0 Å². The molecule has 1 aliphatic heterocycles. The molecule has 2 aliphatic rings. The summed E-state index contributed by atoms with van der Waals surface area (Å²) < 4.78 is 0. The van der Waals surface area contributed by atoms with Crippen LogP contribution >= 0.6 is 0 Å². The first-order valence-corrected chi connectivity index (χ1v) is 8.16. The molecule has 18 heavy (non-hydrogen) atoms. The average Bonchev–Trinajstić information content (AvgIpc) is 2.36. The fraction of sp³-hybridized carbons (Fsp3) is 1.00. The zero-order chi connectivity index (χ0) is 13.0. The second-order valence-corrected chi connectivity index (χ2v) is 6.88. The summed E-state index contributed by atoms with van der Waals surface area (Å²) in [7, 11) is 0. The van der Waals surface area contributed by atoms with Crippen molar-refractivity contribution in [3.8, 4) is 0 Å². The Labute approximate surface area is 114 Å². The molecule has 0 bridgehead atoms. The van der Waals surface area contributed by atoms with Crippen molar-refractivity contribution in [2.75, 3.05) is 13.1 Å². The Kier molecular flexibility index (Phi) is 5.50. The van der Waals surface area contributed by atoms with E-state index in [0.717, 1.165) is 18.0 Å². The minimum absolute atomic E-state index is 0.624. The predicted octanol–water partition coefficient (Wildman–Crippen LogP) is 3.42. The monoisotopic (exact) mass is 252 g/mol. The maximum absolute atomic E-state index is 3.65. The molecule has 0 aromatic rings. The number of piperidine rings is 1. The Morgan fingerprint density at radius 1 is 1.11 bits per heavy atom. The van der Waals surface area contributed by atoms with Crippen LogP contribution in [0.2, 0.25) is 0 Å². The van der Waals surface area contributed by atoms with E-state index in [4.69, 9.17) is 0 Å². The van der Waals surface area contributed by atoms with Gasteiger partial charge in [0.1, 0.15) is 0 Å². The first-order chi connectivity index (χ1) is 8.66. The Morgan fingerprint density at radius 3 is 2.67 bits per heavy atom. The van der Waals surface area contributed by atoms with Crippen molar-refractivity contribution in [1.82, 2.24) is 10.2 Å². The summed E-state index contributed by atoms with van der Waals surface area (Å²) in [6, 6.07) is 2.31.